The van der Waals surface area contributed by atoms with E-state index in [9.17, 15) is 9.59 Å². The molecular formula is C26H36N2O6S. The number of fused-ring (bicyclic) bond motifs is 2. The predicted molar refractivity (Wildman–Crippen MR) is 135 cm³/mol. The van der Waals surface area contributed by atoms with Crippen LogP contribution in [0.4, 0.5) is 9.59 Å². The quantitative estimate of drug-likeness (QED) is 0.573. The van der Waals surface area contributed by atoms with Gasteiger partial charge in [0.25, 0.3) is 5.24 Å². The van der Waals surface area contributed by atoms with Gasteiger partial charge in [-0.05, 0) is 56.2 Å². The molecule has 0 unspecified atom stereocenters. The predicted octanol–water partition coefficient (Wildman–Crippen LogP) is 4.87. The summed E-state index contributed by atoms with van der Waals surface area (Å²) >= 11 is 1.29. The van der Waals surface area contributed by atoms with Crippen molar-refractivity contribution in [3.05, 3.63) is 42.0 Å². The number of hydrogen-bond acceptors (Lipinski definition) is 7. The number of benzene rings is 1. The number of hydrogen-bond donors (Lipinski definition) is 1. The molecule has 2 bridgehead atoms. The van der Waals surface area contributed by atoms with Gasteiger partial charge in [0, 0.05) is 31.9 Å². The van der Waals surface area contributed by atoms with E-state index in [1.807, 2.05) is 29.2 Å². The minimum Gasteiger partial charge on any atom is -0.497 e. The number of alkyl carbamates (subject to hydrolysis) is 1. The van der Waals surface area contributed by atoms with Gasteiger partial charge < -0.3 is 29.2 Å². The molecule has 0 radical (unpaired) electrons. The van der Waals surface area contributed by atoms with Gasteiger partial charge in [0.15, 0.2) is 5.79 Å². The van der Waals surface area contributed by atoms with Crippen LogP contribution in [0.1, 0.15) is 50.5 Å². The van der Waals surface area contributed by atoms with E-state index < -0.39 is 11.9 Å². The second-order valence-electron chi connectivity index (χ2n) is 9.29. The first kappa shape index (κ1) is 25.9. The third kappa shape index (κ3) is 6.51. The Hall–Kier alpha value is -2.23. The van der Waals surface area contributed by atoms with E-state index in [2.05, 4.69) is 17.5 Å². The van der Waals surface area contributed by atoms with Gasteiger partial charge in [-0.1, -0.05) is 36.0 Å². The van der Waals surface area contributed by atoms with Crippen LogP contribution in [-0.4, -0.2) is 66.8 Å². The van der Waals surface area contributed by atoms with Gasteiger partial charge in [0.2, 0.25) is 0 Å². The second-order valence-corrected chi connectivity index (χ2v) is 10.3. The highest BCUT2D eigenvalue weighted by Gasteiger charge is 2.53. The Morgan fingerprint density at radius 1 is 1.14 bits per heavy atom. The number of ether oxygens (including phenoxy) is 4. The summed E-state index contributed by atoms with van der Waals surface area (Å²) in [7, 11) is 3.27. The Kier molecular flexibility index (Phi) is 8.97. The minimum absolute atomic E-state index is 0.00386. The van der Waals surface area contributed by atoms with Crippen LogP contribution in [0.25, 0.3) is 0 Å². The van der Waals surface area contributed by atoms with Gasteiger partial charge in [-0.3, -0.25) is 4.79 Å². The van der Waals surface area contributed by atoms with E-state index in [1.165, 1.54) is 11.8 Å². The SMILES string of the molecule is COc1ccc(CN2C(=O)SC[C@H]2[C@@]2(OC)C[C@H]3C[C@@H](CCC/C=C/CCCOC(=O)N3)O2)cc1. The summed E-state index contributed by atoms with van der Waals surface area (Å²) in [6.45, 7) is 0.839. The zero-order valence-electron chi connectivity index (χ0n) is 20.6. The van der Waals surface area contributed by atoms with Gasteiger partial charge in [0.1, 0.15) is 5.75 Å². The maximum absolute atomic E-state index is 12.9. The van der Waals surface area contributed by atoms with Crippen molar-refractivity contribution in [2.75, 3.05) is 26.6 Å². The molecule has 2 fully saturated rings. The molecule has 4 rings (SSSR count). The number of carbonyl (C=O) groups is 2. The van der Waals surface area contributed by atoms with Crippen LogP contribution in [0.15, 0.2) is 36.4 Å². The van der Waals surface area contributed by atoms with Crippen LogP contribution in [0.3, 0.4) is 0 Å². The molecule has 0 spiro atoms. The fourth-order valence-corrected chi connectivity index (χ4v) is 6.17. The molecule has 1 aromatic rings. The number of methoxy groups -OCH3 is 2. The molecule has 35 heavy (non-hydrogen) atoms. The number of carbonyl (C=O) groups excluding carboxylic acids is 2. The molecular weight excluding hydrogens is 468 g/mol. The smallest absolute Gasteiger partial charge is 0.407 e. The van der Waals surface area contributed by atoms with Gasteiger partial charge in [0.05, 0.1) is 25.9 Å². The van der Waals surface area contributed by atoms with Crippen LogP contribution in [0.2, 0.25) is 0 Å². The molecule has 2 amide bonds. The van der Waals surface area contributed by atoms with Crippen molar-refractivity contribution < 1.29 is 28.5 Å². The average molecular weight is 505 g/mol. The highest BCUT2D eigenvalue weighted by molar-refractivity contribution is 8.13. The van der Waals surface area contributed by atoms with Crippen molar-refractivity contribution in [3.63, 3.8) is 0 Å². The molecule has 0 aliphatic carbocycles. The largest absolute Gasteiger partial charge is 0.497 e. The monoisotopic (exact) mass is 504 g/mol. The van der Waals surface area contributed by atoms with E-state index in [1.54, 1.807) is 14.2 Å². The normalized spacial score (nSPS) is 31.3. The van der Waals surface area contributed by atoms with E-state index in [0.717, 1.165) is 43.4 Å². The lowest BCUT2D eigenvalue weighted by molar-refractivity contribution is -0.294. The molecule has 2 saturated heterocycles. The Morgan fingerprint density at radius 3 is 2.66 bits per heavy atom. The summed E-state index contributed by atoms with van der Waals surface area (Å²) in [5.74, 6) is 0.323. The van der Waals surface area contributed by atoms with Gasteiger partial charge in [-0.25, -0.2) is 4.79 Å². The molecule has 3 heterocycles. The summed E-state index contributed by atoms with van der Waals surface area (Å²) < 4.78 is 23.4. The Bertz CT molecular complexity index is 894. The molecule has 1 aromatic carbocycles. The Balaban J connectivity index is 1.55. The topological polar surface area (TPSA) is 86.3 Å². The van der Waals surface area contributed by atoms with E-state index in [-0.39, 0.29) is 23.4 Å². The lowest BCUT2D eigenvalue weighted by Crippen LogP contribution is -2.62. The summed E-state index contributed by atoms with van der Waals surface area (Å²) in [5.41, 5.74) is 1.00. The number of allylic oxidation sites excluding steroid dienone is 2. The number of rotatable bonds is 5. The molecule has 9 heteroatoms. The Morgan fingerprint density at radius 2 is 1.91 bits per heavy atom. The number of amides is 2. The third-order valence-corrected chi connectivity index (χ3v) is 7.88. The van der Waals surface area contributed by atoms with Gasteiger partial charge in [-0.15, -0.1) is 0 Å². The van der Waals surface area contributed by atoms with Crippen LogP contribution in [-0.2, 0) is 20.8 Å². The van der Waals surface area contributed by atoms with Crippen LogP contribution >= 0.6 is 11.8 Å². The van der Waals surface area contributed by atoms with E-state index in [4.69, 9.17) is 18.9 Å². The van der Waals surface area contributed by atoms with Crippen LogP contribution in [0, 0.1) is 0 Å². The van der Waals surface area contributed by atoms with Crippen molar-refractivity contribution >= 4 is 23.1 Å². The van der Waals surface area contributed by atoms with E-state index in [0.29, 0.717) is 31.7 Å². The minimum atomic E-state index is -1.01. The first-order valence-corrected chi connectivity index (χ1v) is 13.4. The molecule has 3 aliphatic rings. The highest BCUT2D eigenvalue weighted by atomic mass is 32.2. The maximum atomic E-state index is 12.9. The zero-order chi connectivity index (χ0) is 24.7. The first-order valence-electron chi connectivity index (χ1n) is 12.4. The van der Waals surface area contributed by atoms with Crippen molar-refractivity contribution in [3.8, 4) is 5.75 Å². The summed E-state index contributed by atoms with van der Waals surface area (Å²) in [5, 5.41) is 3.04. The second kappa shape index (κ2) is 12.1. The maximum Gasteiger partial charge on any atom is 0.407 e. The average Bonchev–Trinajstić information content (AvgIpc) is 3.23. The fraction of sp³-hybridized carbons (Fsp3) is 0.615. The molecule has 4 atom stereocenters. The molecule has 192 valence electrons. The van der Waals surface area contributed by atoms with Crippen molar-refractivity contribution in [1.82, 2.24) is 10.2 Å². The number of nitrogens with zero attached hydrogens (tertiary/aromatic N) is 1. The van der Waals surface area contributed by atoms with Crippen molar-refractivity contribution in [1.29, 1.82) is 0 Å². The number of nitrogens with one attached hydrogen (secondary N) is 1. The van der Waals surface area contributed by atoms with Crippen LogP contribution < -0.4 is 10.1 Å². The number of thioether (sulfide) groups is 1. The van der Waals surface area contributed by atoms with Crippen LogP contribution in [0.5, 0.6) is 5.75 Å². The van der Waals surface area contributed by atoms with Crippen molar-refractivity contribution in [2.45, 2.75) is 75.5 Å². The highest BCUT2D eigenvalue weighted by Crippen LogP contribution is 2.42. The molecule has 0 aromatic heterocycles. The molecule has 8 nitrogen and oxygen atoms in total. The Labute approximate surface area is 211 Å². The fourth-order valence-electron chi connectivity index (χ4n) is 5.08. The van der Waals surface area contributed by atoms with E-state index >= 15 is 0 Å². The lowest BCUT2D eigenvalue weighted by Gasteiger charge is -2.48. The number of cyclic esters (lactones) is 1. The lowest BCUT2D eigenvalue weighted by atomic mass is 9.89. The van der Waals surface area contributed by atoms with Crippen molar-refractivity contribution in [2.24, 2.45) is 0 Å². The standard InChI is InChI=1S/C26H36N2O6S/c1-31-21-12-10-19(11-13-21)17-28-23(18-35-25(28)30)26(32-2)16-20-15-22(34-26)9-7-5-3-4-6-8-14-33-24(29)27-20/h3-4,10-13,20,22-23H,5-9,14-18H2,1-2H3,(H,27,29)/b4-3+/t20-,22-,23+,26-/m1/s1. The summed E-state index contributed by atoms with van der Waals surface area (Å²) in [6.07, 6.45) is 9.53. The molecule has 1 N–H and O–H groups in total. The summed E-state index contributed by atoms with van der Waals surface area (Å²) in [6, 6.07) is 7.28. The third-order valence-electron chi connectivity index (χ3n) is 6.92. The van der Waals surface area contributed by atoms with Gasteiger partial charge in [-0.2, -0.15) is 0 Å². The van der Waals surface area contributed by atoms with Gasteiger partial charge >= 0.3 is 6.09 Å². The zero-order valence-corrected chi connectivity index (χ0v) is 21.4. The molecule has 3 aliphatic heterocycles. The first-order chi connectivity index (χ1) is 17.0. The molecule has 0 saturated carbocycles. The summed E-state index contributed by atoms with van der Waals surface area (Å²) in [4.78, 5) is 27.3.